The normalized spacial score (nSPS) is 10.4. The zero-order chi connectivity index (χ0) is 14.9. The Hall–Kier alpha value is -2.79. The summed E-state index contributed by atoms with van der Waals surface area (Å²) in [6.07, 6.45) is 1.74. The predicted octanol–water partition coefficient (Wildman–Crippen LogP) is 3.68. The monoisotopic (exact) mass is 276 g/mol. The van der Waals surface area contributed by atoms with E-state index in [0.717, 1.165) is 11.1 Å². The third-order valence-electron chi connectivity index (χ3n) is 2.72. The molecule has 2 heteroatoms. The molecule has 0 aliphatic carbocycles. The third kappa shape index (κ3) is 4.67. The van der Waals surface area contributed by atoms with Gasteiger partial charge in [0.2, 0.25) is 0 Å². The Balaban J connectivity index is 2.32. The molecule has 0 bridgehead atoms. The van der Waals surface area contributed by atoms with E-state index in [4.69, 9.17) is 4.74 Å². The summed E-state index contributed by atoms with van der Waals surface area (Å²) in [5.41, 5.74) is 2.13. The van der Waals surface area contributed by atoms with E-state index in [1.807, 2.05) is 60.7 Å². The second-order valence-corrected chi connectivity index (χ2v) is 4.31. The molecule has 2 rings (SSSR count). The van der Waals surface area contributed by atoms with Crippen LogP contribution in [-0.4, -0.2) is 12.6 Å². The first-order valence-corrected chi connectivity index (χ1v) is 6.80. The van der Waals surface area contributed by atoms with E-state index in [1.54, 1.807) is 13.0 Å². The molecule has 21 heavy (non-hydrogen) atoms. The molecule has 0 aliphatic rings. The van der Waals surface area contributed by atoms with Crippen LogP contribution in [0.1, 0.15) is 18.1 Å². The molecular weight excluding hydrogens is 260 g/mol. The molecule has 0 radical (unpaired) electrons. The number of carbonyl (C=O) groups is 1. The maximum absolute atomic E-state index is 12.0. The van der Waals surface area contributed by atoms with Crippen LogP contribution in [0.3, 0.4) is 0 Å². The summed E-state index contributed by atoms with van der Waals surface area (Å²) in [5.74, 6) is 5.49. The van der Waals surface area contributed by atoms with Gasteiger partial charge in [-0.05, 0) is 30.7 Å². The minimum absolute atomic E-state index is 0.331. The molecule has 2 aromatic carbocycles. The number of hydrogen-bond donors (Lipinski definition) is 0. The smallest absolute Gasteiger partial charge is 0.346 e. The number of hydrogen-bond acceptors (Lipinski definition) is 2. The Morgan fingerprint density at radius 1 is 1.05 bits per heavy atom. The fraction of sp³-hybridized carbons (Fsp3) is 0.105. The summed E-state index contributed by atoms with van der Waals surface area (Å²) in [6, 6.07) is 19.2. The molecule has 0 saturated carbocycles. The van der Waals surface area contributed by atoms with Crippen molar-refractivity contribution in [1.29, 1.82) is 0 Å². The summed E-state index contributed by atoms with van der Waals surface area (Å²) in [4.78, 5) is 12.0. The molecule has 2 aromatic rings. The Bertz CT molecular complexity index is 674. The lowest BCUT2D eigenvalue weighted by molar-refractivity contribution is -0.137. The summed E-state index contributed by atoms with van der Waals surface area (Å²) >= 11 is 0. The molecule has 0 atom stereocenters. The van der Waals surface area contributed by atoms with Crippen molar-refractivity contribution in [2.45, 2.75) is 6.92 Å². The topological polar surface area (TPSA) is 26.3 Å². The SMILES string of the molecule is CCOC(=O)/C(C#Cc1ccccc1)=C\c1ccccc1. The first kappa shape index (κ1) is 14.6. The van der Waals surface area contributed by atoms with Gasteiger partial charge in [0.1, 0.15) is 5.57 Å². The van der Waals surface area contributed by atoms with Crippen molar-refractivity contribution in [3.05, 3.63) is 77.4 Å². The standard InChI is InChI=1S/C19H16O2/c1-2-21-19(20)18(15-17-11-7-4-8-12-17)14-13-16-9-5-3-6-10-16/h3-12,15H,2H2,1H3/b18-15-. The van der Waals surface area contributed by atoms with Crippen molar-refractivity contribution in [3.8, 4) is 11.8 Å². The van der Waals surface area contributed by atoms with Crippen LogP contribution in [0, 0.1) is 11.8 Å². The minimum atomic E-state index is -0.398. The Morgan fingerprint density at radius 3 is 2.29 bits per heavy atom. The van der Waals surface area contributed by atoms with Crippen LogP contribution < -0.4 is 0 Å². The highest BCUT2D eigenvalue weighted by atomic mass is 16.5. The molecule has 0 spiro atoms. The fourth-order valence-corrected chi connectivity index (χ4v) is 1.73. The van der Waals surface area contributed by atoms with Gasteiger partial charge in [-0.25, -0.2) is 4.79 Å². The molecule has 0 fully saturated rings. The summed E-state index contributed by atoms with van der Waals surface area (Å²) in [5, 5.41) is 0. The van der Waals surface area contributed by atoms with E-state index in [1.165, 1.54) is 0 Å². The Morgan fingerprint density at radius 2 is 1.67 bits per heavy atom. The Kier molecular flexibility index (Phi) is 5.37. The quantitative estimate of drug-likeness (QED) is 0.485. The summed E-state index contributed by atoms with van der Waals surface area (Å²) in [7, 11) is 0. The second kappa shape index (κ2) is 7.72. The van der Waals surface area contributed by atoms with E-state index in [2.05, 4.69) is 11.8 Å². The van der Waals surface area contributed by atoms with Gasteiger partial charge in [0, 0.05) is 5.56 Å². The molecule has 0 aliphatic heterocycles. The lowest BCUT2D eigenvalue weighted by Gasteiger charge is -2.01. The summed E-state index contributed by atoms with van der Waals surface area (Å²) in [6.45, 7) is 2.11. The minimum Gasteiger partial charge on any atom is -0.462 e. The lowest BCUT2D eigenvalue weighted by Crippen LogP contribution is -2.06. The number of carbonyl (C=O) groups excluding carboxylic acids is 1. The number of benzene rings is 2. The van der Waals surface area contributed by atoms with Gasteiger partial charge in [-0.15, -0.1) is 0 Å². The van der Waals surface area contributed by atoms with Crippen LogP contribution in [-0.2, 0) is 9.53 Å². The number of rotatable bonds is 3. The van der Waals surface area contributed by atoms with Crippen molar-refractivity contribution in [3.63, 3.8) is 0 Å². The van der Waals surface area contributed by atoms with Gasteiger partial charge in [-0.1, -0.05) is 60.4 Å². The van der Waals surface area contributed by atoms with E-state index in [0.29, 0.717) is 12.2 Å². The summed E-state index contributed by atoms with van der Waals surface area (Å²) < 4.78 is 5.05. The van der Waals surface area contributed by atoms with Crippen LogP contribution in [0.25, 0.3) is 6.08 Å². The highest BCUT2D eigenvalue weighted by Crippen LogP contribution is 2.08. The van der Waals surface area contributed by atoms with E-state index in [9.17, 15) is 4.79 Å². The van der Waals surface area contributed by atoms with Crippen LogP contribution in [0.15, 0.2) is 66.2 Å². The molecule has 0 saturated heterocycles. The van der Waals surface area contributed by atoms with Crippen LogP contribution >= 0.6 is 0 Å². The van der Waals surface area contributed by atoms with Gasteiger partial charge >= 0.3 is 5.97 Å². The van der Waals surface area contributed by atoms with Gasteiger partial charge in [0.25, 0.3) is 0 Å². The van der Waals surface area contributed by atoms with E-state index >= 15 is 0 Å². The molecule has 0 unspecified atom stereocenters. The first-order valence-electron chi connectivity index (χ1n) is 6.80. The van der Waals surface area contributed by atoms with Crippen LogP contribution in [0.4, 0.5) is 0 Å². The van der Waals surface area contributed by atoms with Crippen molar-refractivity contribution in [2.24, 2.45) is 0 Å². The molecule has 0 heterocycles. The van der Waals surface area contributed by atoms with Crippen molar-refractivity contribution in [1.82, 2.24) is 0 Å². The van der Waals surface area contributed by atoms with E-state index < -0.39 is 5.97 Å². The zero-order valence-electron chi connectivity index (χ0n) is 11.9. The average molecular weight is 276 g/mol. The van der Waals surface area contributed by atoms with E-state index in [-0.39, 0.29) is 0 Å². The van der Waals surface area contributed by atoms with Gasteiger partial charge < -0.3 is 4.74 Å². The molecule has 0 N–H and O–H groups in total. The molecule has 104 valence electrons. The molecule has 0 amide bonds. The first-order chi connectivity index (χ1) is 10.3. The lowest BCUT2D eigenvalue weighted by atomic mass is 10.1. The highest BCUT2D eigenvalue weighted by molar-refractivity contribution is 5.98. The fourth-order valence-electron chi connectivity index (χ4n) is 1.73. The van der Waals surface area contributed by atoms with Gasteiger partial charge in [0.05, 0.1) is 6.61 Å². The maximum Gasteiger partial charge on any atom is 0.346 e. The molecular formula is C19H16O2. The van der Waals surface area contributed by atoms with Gasteiger partial charge in [-0.3, -0.25) is 0 Å². The Labute approximate surface area is 125 Å². The van der Waals surface area contributed by atoms with Crippen LogP contribution in [0.2, 0.25) is 0 Å². The highest BCUT2D eigenvalue weighted by Gasteiger charge is 2.07. The maximum atomic E-state index is 12.0. The van der Waals surface area contributed by atoms with Crippen molar-refractivity contribution < 1.29 is 9.53 Å². The largest absolute Gasteiger partial charge is 0.462 e. The zero-order valence-corrected chi connectivity index (χ0v) is 11.9. The van der Waals surface area contributed by atoms with Crippen molar-refractivity contribution >= 4 is 12.0 Å². The van der Waals surface area contributed by atoms with Crippen molar-refractivity contribution in [2.75, 3.05) is 6.61 Å². The average Bonchev–Trinajstić information content (AvgIpc) is 2.53. The predicted molar refractivity (Wildman–Crippen MR) is 84.4 cm³/mol. The second-order valence-electron chi connectivity index (χ2n) is 4.31. The third-order valence-corrected chi connectivity index (χ3v) is 2.72. The number of ether oxygens (including phenoxy) is 1. The van der Waals surface area contributed by atoms with Gasteiger partial charge in [0.15, 0.2) is 0 Å². The van der Waals surface area contributed by atoms with Crippen LogP contribution in [0.5, 0.6) is 0 Å². The molecule has 0 aromatic heterocycles. The number of esters is 1. The molecule has 2 nitrogen and oxygen atoms in total. The van der Waals surface area contributed by atoms with Gasteiger partial charge in [-0.2, -0.15) is 0 Å².